The van der Waals surface area contributed by atoms with E-state index in [9.17, 15) is 14.4 Å². The highest BCUT2D eigenvalue weighted by Gasteiger charge is 2.40. The van der Waals surface area contributed by atoms with Crippen molar-refractivity contribution < 1.29 is 0 Å². The lowest BCUT2D eigenvalue weighted by molar-refractivity contribution is 0.328. The maximum atomic E-state index is 12.1. The van der Waals surface area contributed by atoms with Gasteiger partial charge in [0.25, 0.3) is 16.7 Å². The van der Waals surface area contributed by atoms with Crippen molar-refractivity contribution >= 4 is 16.9 Å². The standard InChI is InChI=1S/C25H26N4O.C22H22N4O.C21H20N4O/c1-18-15-20(16-28(2)23(18)30)19-11-12-22-26-27-24(29(22)17-19)25(13-7-4-8-14-25)21-9-5-3-6-10-21;1-15-12-17(13-25(4)20(15)27)16-10-11-19-23-24-21(26(19)14-16)22(2,3)18-8-6-5-7-9-18;1-15-12-18(13-24(2)21(15)26)17-9-11-20-23-22-19(25(20)14-17)10-8-16-6-4-3-5-7-16/h3,5-6,9-12,15-17H,4,7-8,13-14H2,1-2H3;5-14H,1-4H3;3-7,9,11-14H,8,10H2,1-2H3. The van der Waals surface area contributed by atoms with Gasteiger partial charge in [-0.15, -0.1) is 30.6 Å². The van der Waals surface area contributed by atoms with Gasteiger partial charge in [-0.25, -0.2) is 0 Å². The number of hydrogen-bond donors (Lipinski definition) is 0. The lowest BCUT2D eigenvalue weighted by Crippen LogP contribution is -2.32. The van der Waals surface area contributed by atoms with Crippen molar-refractivity contribution in [3.8, 4) is 33.4 Å². The molecule has 15 nitrogen and oxygen atoms in total. The highest BCUT2D eigenvalue weighted by molar-refractivity contribution is 5.67. The summed E-state index contributed by atoms with van der Waals surface area (Å²) in [5.74, 6) is 2.84. The Balaban J connectivity index is 0.000000131. The van der Waals surface area contributed by atoms with E-state index in [1.54, 1.807) is 34.8 Å². The van der Waals surface area contributed by atoms with Gasteiger partial charge in [-0.3, -0.25) is 27.6 Å². The summed E-state index contributed by atoms with van der Waals surface area (Å²) in [6.07, 6.45) is 19.4. The van der Waals surface area contributed by atoms with Crippen LogP contribution in [0.4, 0.5) is 0 Å². The van der Waals surface area contributed by atoms with E-state index < -0.39 is 0 Å². The molecule has 1 aliphatic rings. The first-order valence-corrected chi connectivity index (χ1v) is 28.3. The van der Waals surface area contributed by atoms with Crippen molar-refractivity contribution in [1.82, 2.24) is 57.5 Å². The van der Waals surface area contributed by atoms with Crippen LogP contribution in [0.15, 0.2) is 197 Å². The number of pyridine rings is 6. The van der Waals surface area contributed by atoms with Crippen LogP contribution in [0, 0.1) is 20.8 Å². The molecule has 1 aliphatic carbocycles. The fourth-order valence-corrected chi connectivity index (χ4v) is 11.7. The molecule has 12 aromatic rings. The van der Waals surface area contributed by atoms with Crippen molar-refractivity contribution in [2.24, 2.45) is 21.1 Å². The van der Waals surface area contributed by atoms with E-state index >= 15 is 0 Å². The van der Waals surface area contributed by atoms with E-state index in [4.69, 9.17) is 5.10 Å². The van der Waals surface area contributed by atoms with Crippen LogP contribution in [-0.2, 0) is 44.8 Å². The van der Waals surface area contributed by atoms with Crippen LogP contribution in [0.2, 0.25) is 0 Å². The van der Waals surface area contributed by atoms with Gasteiger partial charge in [0.1, 0.15) is 17.5 Å². The zero-order valence-corrected chi connectivity index (χ0v) is 48.4. The molecule has 13 rings (SSSR count). The number of rotatable bonds is 10. The fourth-order valence-electron chi connectivity index (χ4n) is 11.7. The molecule has 0 aliphatic heterocycles. The second kappa shape index (κ2) is 23.1. The smallest absolute Gasteiger partial charge is 0.253 e. The number of aryl methyl sites for hydroxylation is 8. The van der Waals surface area contributed by atoms with Gasteiger partial charge in [-0.2, -0.15) is 0 Å². The Hall–Kier alpha value is -9.63. The topological polar surface area (TPSA) is 157 Å². The van der Waals surface area contributed by atoms with Gasteiger partial charge in [-0.1, -0.05) is 110 Å². The number of fused-ring (bicyclic) bond motifs is 3. The normalized spacial score (nSPS) is 13.2. The summed E-state index contributed by atoms with van der Waals surface area (Å²) in [5.41, 5.74) is 14.3. The lowest BCUT2D eigenvalue weighted by Gasteiger charge is -2.36. The predicted molar refractivity (Wildman–Crippen MR) is 328 cm³/mol. The molecule has 418 valence electrons. The van der Waals surface area contributed by atoms with Gasteiger partial charge < -0.3 is 13.7 Å². The first-order valence-electron chi connectivity index (χ1n) is 28.3. The van der Waals surface area contributed by atoms with E-state index in [1.807, 2.05) is 121 Å². The van der Waals surface area contributed by atoms with Crippen LogP contribution in [0.25, 0.3) is 50.3 Å². The van der Waals surface area contributed by atoms with Gasteiger partial charge >= 0.3 is 0 Å². The average molecular weight is 1100 g/mol. The third kappa shape index (κ3) is 11.1. The van der Waals surface area contributed by atoms with E-state index in [1.165, 1.54) is 36.0 Å². The molecule has 83 heavy (non-hydrogen) atoms. The van der Waals surface area contributed by atoms with Crippen LogP contribution < -0.4 is 16.7 Å². The second-order valence-corrected chi connectivity index (χ2v) is 22.6. The average Bonchev–Trinajstić information content (AvgIpc) is 3.98. The monoisotopic (exact) mass is 1100 g/mol. The molecule has 9 heterocycles. The van der Waals surface area contributed by atoms with Gasteiger partial charge in [-0.05, 0) is 159 Å². The molecule has 0 bridgehead atoms. The zero-order valence-electron chi connectivity index (χ0n) is 48.4. The summed E-state index contributed by atoms with van der Waals surface area (Å²) in [6, 6.07) is 49.3. The van der Waals surface area contributed by atoms with Gasteiger partial charge in [0.05, 0.1) is 10.8 Å². The lowest BCUT2D eigenvalue weighted by atomic mass is 9.69. The summed E-state index contributed by atoms with van der Waals surface area (Å²) in [7, 11) is 5.36. The largest absolute Gasteiger partial charge is 0.318 e. The van der Waals surface area contributed by atoms with Gasteiger partial charge in [0, 0.05) is 81.4 Å². The van der Waals surface area contributed by atoms with Crippen molar-refractivity contribution in [2.45, 2.75) is 90.4 Å². The fraction of sp³-hybridized carbons (Fsp3) is 0.250. The van der Waals surface area contributed by atoms with Crippen LogP contribution in [0.1, 0.15) is 96.8 Å². The maximum Gasteiger partial charge on any atom is 0.253 e. The molecule has 0 radical (unpaired) electrons. The highest BCUT2D eigenvalue weighted by Crippen LogP contribution is 2.44. The molecule has 3 aromatic carbocycles. The van der Waals surface area contributed by atoms with Gasteiger partial charge in [0.2, 0.25) is 0 Å². The Labute approximate surface area is 481 Å². The van der Waals surface area contributed by atoms with Gasteiger partial charge in [0.15, 0.2) is 16.9 Å². The summed E-state index contributed by atoms with van der Waals surface area (Å²) in [5, 5.41) is 26.7. The van der Waals surface area contributed by atoms with E-state index in [0.29, 0.717) is 0 Å². The molecule has 0 spiro atoms. The number of hydrogen-bond acceptors (Lipinski definition) is 9. The van der Waals surface area contributed by atoms with Crippen molar-refractivity contribution in [3.05, 3.63) is 265 Å². The van der Waals surface area contributed by atoms with E-state index in [-0.39, 0.29) is 27.5 Å². The molecular weight excluding hydrogens is 1030 g/mol. The van der Waals surface area contributed by atoms with Crippen molar-refractivity contribution in [1.29, 1.82) is 0 Å². The molecule has 9 aromatic heterocycles. The van der Waals surface area contributed by atoms with E-state index in [2.05, 4.69) is 135 Å². The summed E-state index contributed by atoms with van der Waals surface area (Å²) in [6.45, 7) is 9.85. The molecule has 0 N–H and O–H groups in total. The minimum absolute atomic E-state index is 0.0232. The molecule has 0 unspecified atom stereocenters. The van der Waals surface area contributed by atoms with Crippen LogP contribution in [-0.4, -0.2) is 57.5 Å². The molecule has 0 atom stereocenters. The molecule has 15 heteroatoms. The first kappa shape index (κ1) is 55.3. The van der Waals surface area contributed by atoms with Crippen LogP contribution in [0.3, 0.4) is 0 Å². The number of aromatic nitrogens is 12. The Kier molecular flexibility index (Phi) is 15.4. The van der Waals surface area contributed by atoms with Crippen LogP contribution >= 0.6 is 0 Å². The zero-order chi connectivity index (χ0) is 58.0. The Morgan fingerprint density at radius 3 is 1.39 bits per heavy atom. The molecule has 1 fully saturated rings. The summed E-state index contributed by atoms with van der Waals surface area (Å²) >= 11 is 0. The Morgan fingerprint density at radius 2 is 0.867 bits per heavy atom. The first-order chi connectivity index (χ1) is 40.1. The summed E-state index contributed by atoms with van der Waals surface area (Å²) < 4.78 is 11.1. The molecular formula is C68H68N12O3. The maximum absolute atomic E-state index is 12.1. The number of benzene rings is 3. The molecule has 1 saturated carbocycles. The SMILES string of the molecule is Cc1cc(-c2ccc3nnc(C(C)(C)c4ccccc4)n3c2)cn(C)c1=O.Cc1cc(-c2ccc3nnc(C4(c5ccccc5)CCCCC4)n3c2)cn(C)c1=O.Cc1cc(-c2ccc3nnc(CCc4ccccc4)n3c2)cn(C)c1=O. The molecule has 0 saturated heterocycles. The predicted octanol–water partition coefficient (Wildman–Crippen LogP) is 11.6. The highest BCUT2D eigenvalue weighted by atomic mass is 16.1. The van der Waals surface area contributed by atoms with Crippen LogP contribution in [0.5, 0.6) is 0 Å². The van der Waals surface area contributed by atoms with E-state index in [0.717, 1.165) is 110 Å². The second-order valence-electron chi connectivity index (χ2n) is 22.6. The third-order valence-corrected chi connectivity index (χ3v) is 16.4. The minimum Gasteiger partial charge on any atom is -0.318 e. The van der Waals surface area contributed by atoms with Crippen molar-refractivity contribution in [2.75, 3.05) is 0 Å². The summed E-state index contributed by atoms with van der Waals surface area (Å²) in [4.78, 5) is 36.1. The molecule has 0 amide bonds. The Bertz CT molecular complexity index is 4410. The number of nitrogens with zero attached hydrogens (tertiary/aromatic N) is 12. The quantitative estimate of drug-likeness (QED) is 0.130. The van der Waals surface area contributed by atoms with Crippen molar-refractivity contribution in [3.63, 3.8) is 0 Å². The minimum atomic E-state index is -0.293. The third-order valence-electron chi connectivity index (χ3n) is 16.4. The Morgan fingerprint density at radius 1 is 0.434 bits per heavy atom.